The number of aromatic nitrogens is 8. The molecule has 0 unspecified atom stereocenters. The highest BCUT2D eigenvalue weighted by Crippen LogP contribution is 2.52. The number of hydrogen-bond acceptors (Lipinski definition) is 6. The molecule has 6 N–H and O–H groups in total. The molecule has 4 aromatic carbocycles. The van der Waals surface area contributed by atoms with Gasteiger partial charge in [0.2, 0.25) is 0 Å². The number of H-pyrrole nitrogens is 2. The van der Waals surface area contributed by atoms with E-state index in [1.807, 2.05) is 36.4 Å². The van der Waals surface area contributed by atoms with E-state index in [-0.39, 0.29) is 43.6 Å². The zero-order valence-electron chi connectivity index (χ0n) is 35.6. The number of benzene rings is 4. The van der Waals surface area contributed by atoms with Gasteiger partial charge in [0.05, 0.1) is 0 Å². The highest BCUT2D eigenvalue weighted by atomic mass is 28.1. The van der Waals surface area contributed by atoms with Crippen LogP contribution in [0.15, 0.2) is 72.8 Å². The van der Waals surface area contributed by atoms with Crippen LogP contribution in [0, 0.1) is 0 Å². The summed E-state index contributed by atoms with van der Waals surface area (Å²) in [4.78, 5) is 39.2. The van der Waals surface area contributed by atoms with E-state index in [0.717, 1.165) is 55.1 Å². The van der Waals surface area contributed by atoms with Crippen LogP contribution >= 0.6 is 0 Å². The van der Waals surface area contributed by atoms with E-state index in [2.05, 4.69) is 129 Å². The van der Waals surface area contributed by atoms with Gasteiger partial charge in [0.1, 0.15) is 22.6 Å². The fraction of sp³-hybridized carbons (Fsp3) is 0.333. The molecule has 2 aliphatic heterocycles. The lowest BCUT2D eigenvalue weighted by atomic mass is 9.63. The highest BCUT2D eigenvalue weighted by molar-refractivity contribution is 6.11. The predicted molar refractivity (Wildman–Crippen MR) is 249 cm³/mol. The van der Waals surface area contributed by atoms with E-state index < -0.39 is 0 Å². The smallest absolute Gasteiger partial charge is 0.164 e. The molecular formula is C48H58N8O2Si. The summed E-state index contributed by atoms with van der Waals surface area (Å²) in [5.74, 6) is 2.41. The van der Waals surface area contributed by atoms with Gasteiger partial charge in [-0.1, -0.05) is 156 Å². The summed E-state index contributed by atoms with van der Waals surface area (Å²) in [5, 5.41) is 4.06. The maximum Gasteiger partial charge on any atom is 0.164 e. The molecule has 5 heterocycles. The second-order valence-electron chi connectivity index (χ2n) is 19.5. The lowest BCUT2D eigenvalue weighted by molar-refractivity contribution is 0.482. The Kier molecular flexibility index (Phi) is 10.4. The standard InChI is InChI=1S/C48H50N8.2H2O.H4Si/c1-45(2,3)33-31-32(34(46(4,5)6)36(48(10,11)12)35(33)47(7,8)9)44-55-42-30-24-18-16-22-28(30)40(53-42)51-38-26-20-14-13-19-25(26)37(49-38)50-39-27-21-15-17-23-29(27)41(52-39)54-43(31)56-44;;;/h13-24H,1-12H3,(H2,49,50,51,52,53,54,55,56);2*1H2;1H4. The van der Waals surface area contributed by atoms with Gasteiger partial charge in [0.15, 0.2) is 23.3 Å². The zero-order chi connectivity index (χ0) is 39.7. The van der Waals surface area contributed by atoms with E-state index >= 15 is 0 Å². The van der Waals surface area contributed by atoms with Gasteiger partial charge in [-0.25, -0.2) is 29.9 Å². The minimum absolute atomic E-state index is 0. The van der Waals surface area contributed by atoms with Crippen molar-refractivity contribution in [3.8, 4) is 45.6 Å². The van der Waals surface area contributed by atoms with Crippen molar-refractivity contribution in [2.45, 2.75) is 105 Å². The van der Waals surface area contributed by atoms with Crippen LogP contribution < -0.4 is 0 Å². The Labute approximate surface area is 350 Å². The van der Waals surface area contributed by atoms with Crippen molar-refractivity contribution in [1.29, 1.82) is 0 Å². The maximum absolute atomic E-state index is 5.53. The topological polar surface area (TPSA) is 172 Å². The van der Waals surface area contributed by atoms with E-state index in [9.17, 15) is 0 Å². The Balaban J connectivity index is 0.00000195. The van der Waals surface area contributed by atoms with Crippen LogP contribution in [0.4, 0.5) is 0 Å². The van der Waals surface area contributed by atoms with Gasteiger partial charge in [0, 0.05) is 43.8 Å². The minimum Gasteiger partial charge on any atom is -0.412 e. The Morgan fingerprint density at radius 1 is 0.339 bits per heavy atom. The largest absolute Gasteiger partial charge is 0.412 e. The number of rotatable bonds is 0. The van der Waals surface area contributed by atoms with Gasteiger partial charge in [-0.3, -0.25) is 0 Å². The average molecular weight is 807 g/mol. The van der Waals surface area contributed by atoms with Crippen molar-refractivity contribution in [1.82, 2.24) is 39.9 Å². The molecule has 0 atom stereocenters. The van der Waals surface area contributed by atoms with Crippen LogP contribution in [0.3, 0.4) is 0 Å². The van der Waals surface area contributed by atoms with Crippen molar-refractivity contribution in [2.75, 3.05) is 0 Å². The zero-order valence-corrected chi connectivity index (χ0v) is 35.6. The lowest BCUT2D eigenvalue weighted by Gasteiger charge is -2.41. The molecule has 0 amide bonds. The number of fused-ring (bicyclic) bond motifs is 20. The quantitative estimate of drug-likeness (QED) is 0.145. The number of nitrogens with one attached hydrogen (secondary N) is 2. The normalized spacial score (nSPS) is 12.7. The summed E-state index contributed by atoms with van der Waals surface area (Å²) < 4.78 is 0. The molecule has 11 heteroatoms. The molecule has 9 rings (SSSR count). The fourth-order valence-corrected chi connectivity index (χ4v) is 8.90. The van der Waals surface area contributed by atoms with E-state index in [1.54, 1.807) is 0 Å². The van der Waals surface area contributed by atoms with Crippen molar-refractivity contribution < 1.29 is 11.0 Å². The molecule has 306 valence electrons. The Bertz CT molecular complexity index is 2780. The molecule has 2 aliphatic rings. The molecule has 8 bridgehead atoms. The van der Waals surface area contributed by atoms with Crippen molar-refractivity contribution >= 4 is 55.1 Å². The molecule has 10 nitrogen and oxygen atoms in total. The molecule has 0 saturated heterocycles. The molecule has 0 spiro atoms. The van der Waals surface area contributed by atoms with Gasteiger partial charge in [-0.15, -0.1) is 0 Å². The van der Waals surface area contributed by atoms with E-state index in [1.165, 1.54) is 22.3 Å². The first kappa shape index (κ1) is 43.0. The predicted octanol–water partition coefficient (Wildman–Crippen LogP) is 8.96. The second kappa shape index (κ2) is 14.3. The van der Waals surface area contributed by atoms with Crippen LogP contribution in [0.25, 0.3) is 89.7 Å². The summed E-state index contributed by atoms with van der Waals surface area (Å²) in [7, 11) is 0. The summed E-state index contributed by atoms with van der Waals surface area (Å²) in [6, 6.07) is 24.6. The summed E-state index contributed by atoms with van der Waals surface area (Å²) >= 11 is 0. The van der Waals surface area contributed by atoms with Crippen LogP contribution in [0.5, 0.6) is 0 Å². The van der Waals surface area contributed by atoms with E-state index in [0.29, 0.717) is 34.6 Å². The van der Waals surface area contributed by atoms with Crippen molar-refractivity contribution in [3.05, 3.63) is 95.1 Å². The first-order valence-corrected chi connectivity index (χ1v) is 19.7. The molecule has 0 aliphatic carbocycles. The fourth-order valence-electron chi connectivity index (χ4n) is 8.90. The SMILES string of the molecule is CC(C)(C)c1c(C(C)(C)C)c(C(C)(C)C)c2c3nc4nc(nc5[nH]c(nc6nc(nc([nH]3)c2c1C(C)(C)C)-c1ccccc1-6)c1ccccc51)-c1ccccc1-4.O.O.[SiH4]. The van der Waals surface area contributed by atoms with Crippen molar-refractivity contribution in [3.63, 3.8) is 0 Å². The first-order chi connectivity index (χ1) is 26.3. The summed E-state index contributed by atoms with van der Waals surface area (Å²) in [6.45, 7) is 28.0. The highest BCUT2D eigenvalue weighted by Gasteiger charge is 2.40. The van der Waals surface area contributed by atoms with E-state index in [4.69, 9.17) is 29.9 Å². The third kappa shape index (κ3) is 6.84. The Hall–Kier alpha value is -5.62. The number of hydrogen-bond donors (Lipinski definition) is 2. The molecule has 0 radical (unpaired) electrons. The number of nitrogens with zero attached hydrogens (tertiary/aromatic N) is 6. The third-order valence-electron chi connectivity index (χ3n) is 11.0. The van der Waals surface area contributed by atoms with Crippen LogP contribution in [-0.2, 0) is 21.7 Å². The molecule has 3 aromatic heterocycles. The third-order valence-corrected chi connectivity index (χ3v) is 11.0. The van der Waals surface area contributed by atoms with Gasteiger partial charge in [-0.2, -0.15) is 0 Å². The van der Waals surface area contributed by atoms with Gasteiger partial charge in [0.25, 0.3) is 0 Å². The van der Waals surface area contributed by atoms with Crippen LogP contribution in [0.1, 0.15) is 105 Å². The summed E-state index contributed by atoms with van der Waals surface area (Å²) in [6.07, 6.45) is 0. The first-order valence-electron chi connectivity index (χ1n) is 19.7. The van der Waals surface area contributed by atoms with Gasteiger partial charge in [-0.05, 0) is 54.9 Å². The van der Waals surface area contributed by atoms with Crippen LogP contribution in [0.2, 0.25) is 0 Å². The Morgan fingerprint density at radius 2 is 0.593 bits per heavy atom. The molecule has 7 aromatic rings. The molecule has 0 saturated carbocycles. The lowest BCUT2D eigenvalue weighted by Crippen LogP contribution is -2.32. The molecule has 59 heavy (non-hydrogen) atoms. The average Bonchev–Trinajstić information content (AvgIpc) is 3.84. The van der Waals surface area contributed by atoms with Gasteiger partial charge >= 0.3 is 0 Å². The van der Waals surface area contributed by atoms with Gasteiger partial charge < -0.3 is 20.9 Å². The van der Waals surface area contributed by atoms with Crippen LogP contribution in [-0.4, -0.2) is 61.8 Å². The Morgan fingerprint density at radius 3 is 0.881 bits per heavy atom. The summed E-state index contributed by atoms with van der Waals surface area (Å²) in [5.41, 5.74) is 10.9. The van der Waals surface area contributed by atoms with Crippen molar-refractivity contribution in [2.24, 2.45) is 0 Å². The second-order valence-corrected chi connectivity index (χ2v) is 19.5. The number of aromatic amines is 2. The molecule has 0 fully saturated rings. The monoisotopic (exact) mass is 806 g/mol. The minimum atomic E-state index is -0.259. The maximum atomic E-state index is 5.53. The molecular weight excluding hydrogens is 749 g/mol.